The van der Waals surface area contributed by atoms with Crippen LogP contribution in [0.1, 0.15) is 22.5 Å². The van der Waals surface area contributed by atoms with E-state index in [1.165, 1.54) is 7.11 Å². The number of esters is 1. The van der Waals surface area contributed by atoms with Crippen molar-refractivity contribution in [2.45, 2.75) is 18.4 Å². The summed E-state index contributed by atoms with van der Waals surface area (Å²) < 4.78 is 4.92. The summed E-state index contributed by atoms with van der Waals surface area (Å²) in [7, 11) is 1.31. The maximum absolute atomic E-state index is 12.4. The third-order valence-electron chi connectivity index (χ3n) is 4.13. The molecule has 0 bridgehead atoms. The topological polar surface area (TPSA) is 89.9 Å². The van der Waals surface area contributed by atoms with Crippen LogP contribution in [0, 0.1) is 0 Å². The first-order chi connectivity index (χ1) is 13.0. The highest BCUT2D eigenvalue weighted by Crippen LogP contribution is 2.29. The molecule has 140 valence electrons. The molecule has 0 fully saturated rings. The molecule has 1 atom stereocenters. The molecule has 7 nitrogen and oxygen atoms in total. The predicted octanol–water partition coefficient (Wildman–Crippen LogP) is 2.40. The summed E-state index contributed by atoms with van der Waals surface area (Å²) in [6.45, 7) is 0.126. The fourth-order valence-electron chi connectivity index (χ4n) is 2.84. The molecule has 1 aliphatic rings. The van der Waals surface area contributed by atoms with Crippen molar-refractivity contribution in [1.29, 1.82) is 0 Å². The average molecular weight is 388 g/mol. The predicted molar refractivity (Wildman–Crippen MR) is 99.6 cm³/mol. The summed E-state index contributed by atoms with van der Waals surface area (Å²) in [5, 5.41) is 6.93. The van der Waals surface area contributed by atoms with Crippen LogP contribution in [0.4, 0.5) is 0 Å². The van der Waals surface area contributed by atoms with Crippen LogP contribution in [0.3, 0.4) is 0 Å². The van der Waals surface area contributed by atoms with Gasteiger partial charge in [0.25, 0.3) is 5.91 Å². The van der Waals surface area contributed by atoms with E-state index in [4.69, 9.17) is 21.2 Å². The molecule has 0 radical (unpaired) electrons. The number of oxime groups is 1. The highest BCUT2D eigenvalue weighted by atomic mass is 35.5. The Morgan fingerprint density at radius 2 is 2.00 bits per heavy atom. The molecular weight excluding hydrogens is 370 g/mol. The molecule has 3 rings (SSSR count). The van der Waals surface area contributed by atoms with E-state index in [0.29, 0.717) is 12.1 Å². The van der Waals surface area contributed by atoms with E-state index in [1.54, 1.807) is 18.2 Å². The maximum atomic E-state index is 12.4. The van der Waals surface area contributed by atoms with E-state index in [1.807, 2.05) is 30.3 Å². The third kappa shape index (κ3) is 4.43. The van der Waals surface area contributed by atoms with Crippen molar-refractivity contribution in [3.63, 3.8) is 0 Å². The summed E-state index contributed by atoms with van der Waals surface area (Å²) in [6.07, 6.45) is 0.537. The molecule has 0 saturated carbocycles. The number of ether oxygens (including phenoxy) is 1. The van der Waals surface area contributed by atoms with Crippen molar-refractivity contribution < 1.29 is 19.2 Å². The number of nitrogens with one attached hydrogen (secondary N) is 1. The number of halogens is 1. The number of rotatable bonds is 6. The van der Waals surface area contributed by atoms with Crippen LogP contribution < -0.4 is 5.32 Å². The fraction of sp³-hybridized carbons (Fsp3) is 0.263. The minimum atomic E-state index is -1.23. The standard InChI is InChI=1S/C19H18ClN3O4/c1-26-18(25)19(10-13-6-3-2-4-7-13)11-14(23-27-19)12-21-17(24)15-8-5-9-16(20)22-15/h2-9H,10-12H2,1H3,(H,21,24). The van der Waals surface area contributed by atoms with E-state index < -0.39 is 11.6 Å². The number of amides is 1. The summed E-state index contributed by atoms with van der Waals surface area (Å²) >= 11 is 5.80. The molecule has 27 heavy (non-hydrogen) atoms. The van der Waals surface area contributed by atoms with Crippen LogP contribution in [0.15, 0.2) is 53.7 Å². The van der Waals surface area contributed by atoms with Gasteiger partial charge in [0.1, 0.15) is 10.8 Å². The minimum Gasteiger partial charge on any atom is -0.466 e. The smallest absolute Gasteiger partial charge is 0.353 e. The van der Waals surface area contributed by atoms with Crippen molar-refractivity contribution in [3.05, 3.63) is 64.9 Å². The van der Waals surface area contributed by atoms with Crippen molar-refractivity contribution >= 4 is 29.2 Å². The zero-order valence-corrected chi connectivity index (χ0v) is 15.4. The lowest BCUT2D eigenvalue weighted by Gasteiger charge is -2.23. The van der Waals surface area contributed by atoms with Gasteiger partial charge in [-0.2, -0.15) is 0 Å². The van der Waals surface area contributed by atoms with Crippen molar-refractivity contribution in [3.8, 4) is 0 Å². The Kier molecular flexibility index (Phi) is 5.71. The molecule has 0 spiro atoms. The van der Waals surface area contributed by atoms with Gasteiger partial charge >= 0.3 is 5.97 Å². The Bertz CT molecular complexity index is 872. The number of carbonyl (C=O) groups is 2. The Labute approximate surface area is 161 Å². The van der Waals surface area contributed by atoms with E-state index in [9.17, 15) is 9.59 Å². The highest BCUT2D eigenvalue weighted by Gasteiger charge is 2.47. The van der Waals surface area contributed by atoms with Gasteiger partial charge in [0, 0.05) is 12.8 Å². The third-order valence-corrected chi connectivity index (χ3v) is 4.34. The van der Waals surface area contributed by atoms with Gasteiger partial charge in [-0.1, -0.05) is 53.2 Å². The maximum Gasteiger partial charge on any atom is 0.353 e. The van der Waals surface area contributed by atoms with Gasteiger partial charge in [-0.05, 0) is 17.7 Å². The van der Waals surface area contributed by atoms with Crippen LogP contribution in [-0.2, 0) is 20.8 Å². The highest BCUT2D eigenvalue weighted by molar-refractivity contribution is 6.29. The van der Waals surface area contributed by atoms with Gasteiger partial charge in [0.05, 0.1) is 19.4 Å². The van der Waals surface area contributed by atoms with Crippen LogP contribution >= 0.6 is 11.6 Å². The van der Waals surface area contributed by atoms with Crippen molar-refractivity contribution in [2.75, 3.05) is 13.7 Å². The van der Waals surface area contributed by atoms with E-state index in [2.05, 4.69) is 15.5 Å². The number of hydrogen-bond acceptors (Lipinski definition) is 6. The molecule has 1 unspecified atom stereocenters. The Balaban J connectivity index is 1.65. The molecule has 1 aromatic heterocycles. The number of hydrogen-bond donors (Lipinski definition) is 1. The molecule has 2 aromatic rings. The minimum absolute atomic E-state index is 0.126. The van der Waals surface area contributed by atoms with E-state index in [-0.39, 0.29) is 29.7 Å². The zero-order chi connectivity index (χ0) is 19.3. The molecule has 8 heteroatoms. The lowest BCUT2D eigenvalue weighted by molar-refractivity contribution is -0.166. The van der Waals surface area contributed by atoms with Gasteiger partial charge in [0.2, 0.25) is 5.60 Å². The molecule has 1 aliphatic heterocycles. The lowest BCUT2D eigenvalue weighted by atomic mass is 9.89. The molecule has 1 aromatic carbocycles. The first-order valence-corrected chi connectivity index (χ1v) is 8.67. The van der Waals surface area contributed by atoms with Gasteiger partial charge in [-0.15, -0.1) is 0 Å². The molecule has 1 amide bonds. The SMILES string of the molecule is COC(=O)C1(Cc2ccccc2)CC(CNC(=O)c2cccc(Cl)n2)=NO1. The largest absolute Gasteiger partial charge is 0.466 e. The molecule has 0 saturated heterocycles. The number of aromatic nitrogens is 1. The zero-order valence-electron chi connectivity index (χ0n) is 14.6. The van der Waals surface area contributed by atoms with Gasteiger partial charge in [-0.3, -0.25) is 4.79 Å². The second-order valence-corrected chi connectivity index (χ2v) is 6.49. The van der Waals surface area contributed by atoms with Gasteiger partial charge < -0.3 is 14.9 Å². The second kappa shape index (κ2) is 8.18. The molecule has 0 aliphatic carbocycles. The number of methoxy groups -OCH3 is 1. The Morgan fingerprint density at radius 1 is 1.22 bits per heavy atom. The van der Waals surface area contributed by atoms with Crippen molar-refractivity contribution in [2.24, 2.45) is 5.16 Å². The van der Waals surface area contributed by atoms with Gasteiger partial charge in [-0.25, -0.2) is 9.78 Å². The number of carbonyl (C=O) groups excluding carboxylic acids is 2. The normalized spacial score (nSPS) is 18.4. The van der Waals surface area contributed by atoms with Crippen LogP contribution in [0.5, 0.6) is 0 Å². The number of benzene rings is 1. The molecule has 1 N–H and O–H groups in total. The van der Waals surface area contributed by atoms with E-state index in [0.717, 1.165) is 5.56 Å². The second-order valence-electron chi connectivity index (χ2n) is 6.10. The number of nitrogens with zero attached hydrogens (tertiary/aromatic N) is 2. The van der Waals surface area contributed by atoms with E-state index >= 15 is 0 Å². The Morgan fingerprint density at radius 3 is 2.70 bits per heavy atom. The van der Waals surface area contributed by atoms with Crippen LogP contribution in [0.25, 0.3) is 0 Å². The monoisotopic (exact) mass is 387 g/mol. The molecule has 2 heterocycles. The summed E-state index contributed by atoms with van der Waals surface area (Å²) in [5.74, 6) is -0.897. The molecular formula is C19H18ClN3O4. The summed E-state index contributed by atoms with van der Waals surface area (Å²) in [4.78, 5) is 34.0. The van der Waals surface area contributed by atoms with Crippen LogP contribution in [0.2, 0.25) is 5.15 Å². The summed E-state index contributed by atoms with van der Waals surface area (Å²) in [5.41, 5.74) is 0.425. The first kappa shape index (κ1) is 18.8. The van der Waals surface area contributed by atoms with Crippen molar-refractivity contribution in [1.82, 2.24) is 10.3 Å². The average Bonchev–Trinajstić information content (AvgIpc) is 3.10. The lowest BCUT2D eigenvalue weighted by Crippen LogP contribution is -2.43. The number of pyridine rings is 1. The summed E-state index contributed by atoms with van der Waals surface area (Å²) in [6, 6.07) is 14.2. The quantitative estimate of drug-likeness (QED) is 0.607. The van der Waals surface area contributed by atoms with Gasteiger partial charge in [0.15, 0.2) is 0 Å². The Hall–Kier alpha value is -2.93. The first-order valence-electron chi connectivity index (χ1n) is 8.29. The fourth-order valence-corrected chi connectivity index (χ4v) is 3.00. The van der Waals surface area contributed by atoms with Crippen LogP contribution in [-0.4, -0.2) is 41.8 Å².